The van der Waals surface area contributed by atoms with Crippen LogP contribution >= 0.6 is 11.3 Å². The van der Waals surface area contributed by atoms with Crippen molar-refractivity contribution in [1.82, 2.24) is 30.3 Å². The maximum Gasteiger partial charge on any atom is 0.269 e. The van der Waals surface area contributed by atoms with Crippen LogP contribution in [0.1, 0.15) is 16.2 Å². The average molecular weight is 382 g/mol. The lowest BCUT2D eigenvalue weighted by molar-refractivity contribution is 0.0949. The smallest absolute Gasteiger partial charge is 0.269 e. The first-order chi connectivity index (χ1) is 13.2. The predicted octanol–water partition coefficient (Wildman–Crippen LogP) is 2.83. The number of rotatable bonds is 6. The molecule has 1 aromatic carbocycles. The molecule has 1 amide bonds. The lowest BCUT2D eigenvalue weighted by Gasteiger charge is -2.01. The van der Waals surface area contributed by atoms with Gasteiger partial charge >= 0.3 is 0 Å². The largest absolute Gasteiger partial charge is 0.350 e. The third-order valence-electron chi connectivity index (χ3n) is 3.87. The van der Waals surface area contributed by atoms with E-state index in [9.17, 15) is 9.18 Å². The molecule has 0 aliphatic carbocycles. The van der Waals surface area contributed by atoms with Crippen LogP contribution < -0.4 is 5.32 Å². The van der Waals surface area contributed by atoms with Gasteiger partial charge in [0.05, 0.1) is 11.4 Å². The van der Waals surface area contributed by atoms with Crippen LogP contribution in [0, 0.1) is 5.82 Å². The summed E-state index contributed by atoms with van der Waals surface area (Å²) in [6.07, 6.45) is 4.15. The van der Waals surface area contributed by atoms with E-state index in [1.165, 1.54) is 23.5 Å². The fourth-order valence-electron chi connectivity index (χ4n) is 2.50. The minimum absolute atomic E-state index is 0.251. The lowest BCUT2D eigenvalue weighted by atomic mass is 10.1. The second-order valence-electron chi connectivity index (χ2n) is 5.75. The summed E-state index contributed by atoms with van der Waals surface area (Å²) < 4.78 is 14.7. The zero-order valence-corrected chi connectivity index (χ0v) is 14.9. The van der Waals surface area contributed by atoms with Crippen LogP contribution in [-0.4, -0.2) is 37.4 Å². The van der Waals surface area contributed by atoms with Crippen molar-refractivity contribution in [2.45, 2.75) is 6.42 Å². The lowest BCUT2D eigenvalue weighted by Crippen LogP contribution is -2.26. The molecule has 7 nitrogen and oxygen atoms in total. The summed E-state index contributed by atoms with van der Waals surface area (Å²) >= 11 is 1.50. The Morgan fingerprint density at radius 3 is 2.93 bits per heavy atom. The van der Waals surface area contributed by atoms with Gasteiger partial charge in [-0.3, -0.25) is 9.89 Å². The maximum absolute atomic E-state index is 13.0. The molecule has 3 heterocycles. The molecule has 0 spiro atoms. The van der Waals surface area contributed by atoms with Crippen molar-refractivity contribution in [3.8, 4) is 16.4 Å². The molecule has 0 bridgehead atoms. The Balaban J connectivity index is 1.33. The highest BCUT2D eigenvalue weighted by Gasteiger charge is 2.11. The summed E-state index contributed by atoms with van der Waals surface area (Å²) in [6.45, 7) is 0.450. The minimum atomic E-state index is -0.315. The van der Waals surface area contributed by atoms with Gasteiger partial charge in [-0.05, 0) is 36.4 Å². The van der Waals surface area contributed by atoms with Crippen LogP contribution in [0.4, 0.5) is 4.39 Å². The Hall–Kier alpha value is -3.33. The van der Waals surface area contributed by atoms with E-state index in [0.717, 1.165) is 16.4 Å². The summed E-state index contributed by atoms with van der Waals surface area (Å²) in [6, 6.07) is 9.43. The fourth-order valence-corrected chi connectivity index (χ4v) is 3.30. The number of aromatic amines is 1. The van der Waals surface area contributed by atoms with Crippen molar-refractivity contribution in [1.29, 1.82) is 0 Å². The number of benzene rings is 1. The molecule has 136 valence electrons. The number of halogens is 1. The molecule has 3 aromatic heterocycles. The zero-order valence-electron chi connectivity index (χ0n) is 14.1. The highest BCUT2D eigenvalue weighted by Crippen LogP contribution is 2.18. The van der Waals surface area contributed by atoms with Gasteiger partial charge in [0.2, 0.25) is 5.13 Å². The average Bonchev–Trinajstić information content (AvgIpc) is 3.43. The van der Waals surface area contributed by atoms with Gasteiger partial charge in [-0.1, -0.05) is 0 Å². The van der Waals surface area contributed by atoms with Crippen LogP contribution in [0.2, 0.25) is 0 Å². The standard InChI is InChI=1S/C18H15FN6OS/c19-13-4-2-12(3-5-13)15-10-16(24-23-15)17(26)20-8-6-14-11-27-18(22-14)25-9-1-7-21-25/h1-5,7,9-11H,6,8H2,(H,20,26)(H,23,24). The molecular weight excluding hydrogens is 367 g/mol. The van der Waals surface area contributed by atoms with Gasteiger partial charge in [0, 0.05) is 36.3 Å². The second kappa shape index (κ2) is 7.50. The number of amides is 1. The summed E-state index contributed by atoms with van der Waals surface area (Å²) in [4.78, 5) is 16.7. The molecular formula is C18H15FN6OS. The van der Waals surface area contributed by atoms with Crippen LogP contribution in [0.25, 0.3) is 16.4 Å². The highest BCUT2D eigenvalue weighted by atomic mass is 32.1. The Kier molecular flexibility index (Phi) is 4.75. The van der Waals surface area contributed by atoms with E-state index in [-0.39, 0.29) is 11.7 Å². The second-order valence-corrected chi connectivity index (χ2v) is 6.59. The Morgan fingerprint density at radius 1 is 1.30 bits per heavy atom. The van der Waals surface area contributed by atoms with E-state index >= 15 is 0 Å². The van der Waals surface area contributed by atoms with Gasteiger partial charge < -0.3 is 5.32 Å². The Bertz CT molecular complexity index is 1040. The van der Waals surface area contributed by atoms with Crippen molar-refractivity contribution in [2.75, 3.05) is 6.54 Å². The van der Waals surface area contributed by atoms with E-state index in [4.69, 9.17) is 0 Å². The molecule has 4 aromatic rings. The Labute approximate surface area is 157 Å². The number of hydrogen-bond acceptors (Lipinski definition) is 5. The topological polar surface area (TPSA) is 88.5 Å². The van der Waals surface area contributed by atoms with Gasteiger partial charge in [-0.25, -0.2) is 14.1 Å². The van der Waals surface area contributed by atoms with Crippen LogP contribution in [0.5, 0.6) is 0 Å². The number of hydrogen-bond donors (Lipinski definition) is 2. The van der Waals surface area contributed by atoms with E-state index in [1.54, 1.807) is 29.1 Å². The van der Waals surface area contributed by atoms with Crippen molar-refractivity contribution in [3.05, 3.63) is 71.4 Å². The van der Waals surface area contributed by atoms with E-state index in [2.05, 4.69) is 25.6 Å². The molecule has 0 aliphatic heterocycles. The number of H-pyrrole nitrogens is 1. The molecule has 0 radical (unpaired) electrons. The monoisotopic (exact) mass is 382 g/mol. The molecule has 0 aliphatic rings. The summed E-state index contributed by atoms with van der Waals surface area (Å²) in [7, 11) is 0. The first-order valence-corrected chi connectivity index (χ1v) is 9.11. The van der Waals surface area contributed by atoms with Gasteiger partial charge in [0.15, 0.2) is 0 Å². The van der Waals surface area contributed by atoms with Gasteiger partial charge in [0.25, 0.3) is 5.91 Å². The van der Waals surface area contributed by atoms with Crippen LogP contribution in [-0.2, 0) is 6.42 Å². The number of nitrogens with zero attached hydrogens (tertiary/aromatic N) is 4. The van der Waals surface area contributed by atoms with Gasteiger partial charge in [0.1, 0.15) is 11.5 Å². The third kappa shape index (κ3) is 3.93. The van der Waals surface area contributed by atoms with Crippen LogP contribution in [0.3, 0.4) is 0 Å². The molecule has 4 rings (SSSR count). The molecule has 0 saturated heterocycles. The number of carbonyl (C=O) groups excluding carboxylic acids is 1. The van der Waals surface area contributed by atoms with Gasteiger partial charge in [-0.15, -0.1) is 11.3 Å². The van der Waals surface area contributed by atoms with E-state index in [1.807, 2.05) is 17.6 Å². The first kappa shape index (κ1) is 17.1. The predicted molar refractivity (Wildman–Crippen MR) is 99.3 cm³/mol. The van der Waals surface area contributed by atoms with Crippen molar-refractivity contribution >= 4 is 17.2 Å². The third-order valence-corrected chi connectivity index (χ3v) is 4.75. The summed E-state index contributed by atoms with van der Waals surface area (Å²) in [5, 5.41) is 16.5. The Morgan fingerprint density at radius 2 is 2.15 bits per heavy atom. The number of carbonyl (C=O) groups is 1. The molecule has 0 saturated carbocycles. The van der Waals surface area contributed by atoms with E-state index in [0.29, 0.717) is 24.4 Å². The minimum Gasteiger partial charge on any atom is -0.350 e. The number of thiazole rings is 1. The molecule has 0 fully saturated rings. The van der Waals surface area contributed by atoms with Crippen molar-refractivity contribution in [3.63, 3.8) is 0 Å². The summed E-state index contributed by atoms with van der Waals surface area (Å²) in [5.74, 6) is -0.566. The maximum atomic E-state index is 13.0. The fraction of sp³-hybridized carbons (Fsp3) is 0.111. The SMILES string of the molecule is O=C(NCCc1csc(-n2cccn2)n1)c1cc(-c2ccc(F)cc2)n[nH]1. The highest BCUT2D eigenvalue weighted by molar-refractivity contribution is 7.12. The van der Waals surface area contributed by atoms with E-state index < -0.39 is 0 Å². The normalized spacial score (nSPS) is 10.9. The van der Waals surface area contributed by atoms with Crippen molar-refractivity contribution in [2.24, 2.45) is 0 Å². The first-order valence-electron chi connectivity index (χ1n) is 8.23. The molecule has 2 N–H and O–H groups in total. The molecule has 0 atom stereocenters. The molecule has 27 heavy (non-hydrogen) atoms. The number of nitrogens with one attached hydrogen (secondary N) is 2. The quantitative estimate of drug-likeness (QED) is 0.537. The summed E-state index contributed by atoms with van der Waals surface area (Å²) in [5.41, 5.74) is 2.57. The van der Waals surface area contributed by atoms with Gasteiger partial charge in [-0.2, -0.15) is 10.2 Å². The van der Waals surface area contributed by atoms with Crippen molar-refractivity contribution < 1.29 is 9.18 Å². The molecule has 0 unspecified atom stereocenters. The zero-order chi connectivity index (χ0) is 18.6. The van der Waals surface area contributed by atoms with Crippen LogP contribution in [0.15, 0.2) is 54.2 Å². The number of aromatic nitrogens is 5. The molecule has 9 heteroatoms.